The Morgan fingerprint density at radius 3 is 2.40 bits per heavy atom. The summed E-state index contributed by atoms with van der Waals surface area (Å²) in [7, 11) is -3.64. The molecule has 1 fully saturated rings. The molecule has 1 saturated heterocycles. The highest BCUT2D eigenvalue weighted by Gasteiger charge is 2.36. The number of amides is 1. The van der Waals surface area contributed by atoms with E-state index in [-0.39, 0.29) is 37.9 Å². The van der Waals surface area contributed by atoms with Crippen LogP contribution in [0.4, 0.5) is 0 Å². The van der Waals surface area contributed by atoms with Gasteiger partial charge in [-0.15, -0.1) is 0 Å². The number of aryl methyl sites for hydroxylation is 1. The maximum Gasteiger partial charge on any atom is 0.291 e. The van der Waals surface area contributed by atoms with Gasteiger partial charge in [-0.25, -0.2) is 9.97 Å². The van der Waals surface area contributed by atoms with E-state index in [4.69, 9.17) is 11.6 Å². The molecular formula is C24H25ClN6O3S. The van der Waals surface area contributed by atoms with Crippen molar-refractivity contribution in [3.05, 3.63) is 76.6 Å². The standard InChI is InChI=1S/C24H25ClN6O3S/c1-17-13-18(5-7-26-17)20-14-27-23(28-15-20)24(32)29-9-11-30(12-10-29)35(33,34)31-8-6-21-19(16-31)3-2-4-22(21)25/h2-5,7,13-15H,6,8-12,16H2,1H3. The molecule has 182 valence electrons. The zero-order chi connectivity index (χ0) is 24.6. The monoisotopic (exact) mass is 512 g/mol. The van der Waals surface area contributed by atoms with Crippen LogP contribution in [0.5, 0.6) is 0 Å². The van der Waals surface area contributed by atoms with Gasteiger partial charge in [-0.2, -0.15) is 17.0 Å². The number of pyridine rings is 1. The van der Waals surface area contributed by atoms with Crippen LogP contribution < -0.4 is 0 Å². The zero-order valence-corrected chi connectivity index (χ0v) is 20.8. The molecule has 0 bridgehead atoms. The SMILES string of the molecule is Cc1cc(-c2cnc(C(=O)N3CCN(S(=O)(=O)N4CCc5c(Cl)cccc5C4)CC3)nc2)ccn1. The third-order valence-corrected chi connectivity index (χ3v) is 8.76. The quantitative estimate of drug-likeness (QED) is 0.532. The van der Waals surface area contributed by atoms with Gasteiger partial charge < -0.3 is 4.90 Å². The average molecular weight is 513 g/mol. The molecule has 0 unspecified atom stereocenters. The number of fused-ring (bicyclic) bond motifs is 1. The Bertz CT molecular complexity index is 1360. The van der Waals surface area contributed by atoms with Gasteiger partial charge in [0.2, 0.25) is 5.82 Å². The Morgan fingerprint density at radius 1 is 0.943 bits per heavy atom. The van der Waals surface area contributed by atoms with E-state index in [0.29, 0.717) is 24.5 Å². The lowest BCUT2D eigenvalue weighted by Crippen LogP contribution is -2.54. The molecule has 5 rings (SSSR count). The smallest absolute Gasteiger partial charge is 0.291 e. The minimum atomic E-state index is -3.64. The number of carbonyl (C=O) groups is 1. The van der Waals surface area contributed by atoms with Gasteiger partial charge in [0.1, 0.15) is 0 Å². The molecule has 9 nitrogen and oxygen atoms in total. The molecule has 11 heteroatoms. The topological polar surface area (TPSA) is 99.6 Å². The van der Waals surface area contributed by atoms with Crippen LogP contribution in [0.15, 0.2) is 48.9 Å². The molecule has 35 heavy (non-hydrogen) atoms. The van der Waals surface area contributed by atoms with Gasteiger partial charge in [0.25, 0.3) is 16.1 Å². The lowest BCUT2D eigenvalue weighted by atomic mass is 10.0. The molecule has 1 amide bonds. The number of rotatable bonds is 4. The highest BCUT2D eigenvalue weighted by molar-refractivity contribution is 7.86. The van der Waals surface area contributed by atoms with E-state index in [9.17, 15) is 13.2 Å². The van der Waals surface area contributed by atoms with Crippen molar-refractivity contribution in [2.45, 2.75) is 19.9 Å². The zero-order valence-electron chi connectivity index (χ0n) is 19.3. The number of nitrogens with zero attached hydrogens (tertiary/aromatic N) is 6. The largest absolute Gasteiger partial charge is 0.333 e. The van der Waals surface area contributed by atoms with Crippen molar-refractivity contribution in [2.24, 2.45) is 0 Å². The summed E-state index contributed by atoms with van der Waals surface area (Å²) in [6, 6.07) is 9.38. The summed E-state index contributed by atoms with van der Waals surface area (Å²) in [5.41, 5.74) is 4.56. The van der Waals surface area contributed by atoms with Crippen LogP contribution in [0.2, 0.25) is 5.02 Å². The van der Waals surface area contributed by atoms with Gasteiger partial charge in [-0.3, -0.25) is 9.78 Å². The van der Waals surface area contributed by atoms with Crippen LogP contribution in [-0.4, -0.2) is 75.5 Å². The first-order valence-corrected chi connectivity index (χ1v) is 13.2. The molecule has 3 aromatic rings. The molecule has 0 spiro atoms. The third-order valence-electron chi connectivity index (χ3n) is 6.43. The fourth-order valence-corrected chi connectivity index (χ4v) is 6.34. The number of hydrogen-bond acceptors (Lipinski definition) is 6. The molecule has 1 aromatic carbocycles. The summed E-state index contributed by atoms with van der Waals surface area (Å²) in [6.45, 7) is 3.60. The normalized spacial score (nSPS) is 17.3. The van der Waals surface area contributed by atoms with Gasteiger partial charge >= 0.3 is 0 Å². The van der Waals surface area contributed by atoms with Crippen LogP contribution >= 0.6 is 11.6 Å². The van der Waals surface area contributed by atoms with Crippen molar-refractivity contribution in [1.29, 1.82) is 0 Å². The van der Waals surface area contributed by atoms with Crippen LogP contribution in [0.3, 0.4) is 0 Å². The predicted molar refractivity (Wildman–Crippen MR) is 132 cm³/mol. The summed E-state index contributed by atoms with van der Waals surface area (Å²) in [6.07, 6.45) is 5.54. The first-order chi connectivity index (χ1) is 16.8. The lowest BCUT2D eigenvalue weighted by Gasteiger charge is -2.38. The number of carbonyl (C=O) groups excluding carboxylic acids is 1. The van der Waals surface area contributed by atoms with E-state index >= 15 is 0 Å². The maximum absolute atomic E-state index is 13.3. The van der Waals surface area contributed by atoms with Crippen molar-refractivity contribution >= 4 is 27.7 Å². The number of piperazine rings is 1. The Balaban J connectivity index is 1.22. The first-order valence-electron chi connectivity index (χ1n) is 11.4. The molecule has 0 atom stereocenters. The molecule has 2 aliphatic heterocycles. The second kappa shape index (κ2) is 9.62. The molecular weight excluding hydrogens is 488 g/mol. The minimum absolute atomic E-state index is 0.0975. The fraction of sp³-hybridized carbons (Fsp3) is 0.333. The van der Waals surface area contributed by atoms with Gasteiger partial charge in [0.05, 0.1) is 0 Å². The van der Waals surface area contributed by atoms with Crippen LogP contribution in [0.25, 0.3) is 11.1 Å². The van der Waals surface area contributed by atoms with E-state index in [1.807, 2.05) is 37.3 Å². The van der Waals surface area contributed by atoms with Crippen molar-refractivity contribution in [3.8, 4) is 11.1 Å². The molecule has 0 saturated carbocycles. The molecule has 0 N–H and O–H groups in total. The van der Waals surface area contributed by atoms with Crippen LogP contribution in [0, 0.1) is 6.92 Å². The summed E-state index contributed by atoms with van der Waals surface area (Å²) in [5, 5.41) is 0.679. The fourth-order valence-electron chi connectivity index (χ4n) is 4.47. The van der Waals surface area contributed by atoms with Crippen LogP contribution in [-0.2, 0) is 23.2 Å². The van der Waals surface area contributed by atoms with Gasteiger partial charge in [0, 0.05) is 74.1 Å². The first kappa shape index (κ1) is 23.8. The van der Waals surface area contributed by atoms with E-state index in [0.717, 1.165) is 27.9 Å². The highest BCUT2D eigenvalue weighted by Crippen LogP contribution is 2.28. The number of aromatic nitrogens is 3. The van der Waals surface area contributed by atoms with Crippen molar-refractivity contribution in [2.75, 3.05) is 32.7 Å². The minimum Gasteiger partial charge on any atom is -0.333 e. The molecule has 2 aliphatic rings. The van der Waals surface area contributed by atoms with E-state index in [1.165, 1.54) is 8.61 Å². The van der Waals surface area contributed by atoms with Gasteiger partial charge in [-0.1, -0.05) is 23.7 Å². The van der Waals surface area contributed by atoms with E-state index in [2.05, 4.69) is 15.0 Å². The Morgan fingerprint density at radius 2 is 1.69 bits per heavy atom. The van der Waals surface area contributed by atoms with E-state index in [1.54, 1.807) is 23.5 Å². The second-order valence-electron chi connectivity index (χ2n) is 8.64. The Kier molecular flexibility index (Phi) is 6.54. The van der Waals surface area contributed by atoms with Crippen molar-refractivity contribution < 1.29 is 13.2 Å². The van der Waals surface area contributed by atoms with Crippen LogP contribution in [0.1, 0.15) is 27.4 Å². The number of hydrogen-bond donors (Lipinski definition) is 0. The number of benzene rings is 1. The van der Waals surface area contributed by atoms with Crippen molar-refractivity contribution in [1.82, 2.24) is 28.5 Å². The average Bonchev–Trinajstić information content (AvgIpc) is 2.88. The van der Waals surface area contributed by atoms with Crippen molar-refractivity contribution in [3.63, 3.8) is 0 Å². The molecule has 0 radical (unpaired) electrons. The maximum atomic E-state index is 13.3. The molecule has 4 heterocycles. The Hall–Kier alpha value is -2.92. The second-order valence-corrected chi connectivity index (χ2v) is 11.0. The highest BCUT2D eigenvalue weighted by atomic mass is 35.5. The Labute approximate surface area is 209 Å². The summed E-state index contributed by atoms with van der Waals surface area (Å²) >= 11 is 6.27. The summed E-state index contributed by atoms with van der Waals surface area (Å²) in [4.78, 5) is 27.2. The van der Waals surface area contributed by atoms with Gasteiger partial charge in [-0.05, 0) is 48.2 Å². The number of halogens is 1. The molecule has 2 aromatic heterocycles. The predicted octanol–water partition coefficient (Wildman–Crippen LogP) is 2.56. The molecule has 0 aliphatic carbocycles. The van der Waals surface area contributed by atoms with E-state index < -0.39 is 10.2 Å². The third kappa shape index (κ3) is 4.79. The lowest BCUT2D eigenvalue weighted by molar-refractivity contribution is 0.0681. The summed E-state index contributed by atoms with van der Waals surface area (Å²) in [5.74, 6) is -0.207. The van der Waals surface area contributed by atoms with Gasteiger partial charge in [0.15, 0.2) is 0 Å². The summed E-state index contributed by atoms with van der Waals surface area (Å²) < 4.78 is 29.5.